The van der Waals surface area contributed by atoms with Gasteiger partial charge in [0, 0.05) is 11.8 Å². The third-order valence-corrected chi connectivity index (χ3v) is 3.78. The van der Waals surface area contributed by atoms with Crippen LogP contribution >= 0.6 is 11.8 Å². The van der Waals surface area contributed by atoms with Crippen LogP contribution in [0.25, 0.3) is 0 Å². The Balaban J connectivity index is 2.78. The van der Waals surface area contributed by atoms with E-state index in [-0.39, 0.29) is 0 Å². The average Bonchev–Trinajstić information content (AvgIpc) is 2.16. The SMILES string of the molecule is CNC(CSC(C)C)c1cc(C)cc(C)c1. The van der Waals surface area contributed by atoms with Crippen molar-refractivity contribution in [2.45, 2.75) is 39.0 Å². The molecule has 0 amide bonds. The van der Waals surface area contributed by atoms with Crippen molar-refractivity contribution in [1.82, 2.24) is 5.32 Å². The van der Waals surface area contributed by atoms with E-state index in [4.69, 9.17) is 0 Å². The van der Waals surface area contributed by atoms with Crippen molar-refractivity contribution in [1.29, 1.82) is 0 Å². The number of nitrogens with one attached hydrogen (secondary N) is 1. The summed E-state index contributed by atoms with van der Waals surface area (Å²) in [6.45, 7) is 8.83. The number of aryl methyl sites for hydroxylation is 2. The van der Waals surface area contributed by atoms with Crippen molar-refractivity contribution >= 4 is 11.8 Å². The van der Waals surface area contributed by atoms with E-state index in [9.17, 15) is 0 Å². The summed E-state index contributed by atoms with van der Waals surface area (Å²) >= 11 is 2.01. The van der Waals surface area contributed by atoms with Gasteiger partial charge in [0.2, 0.25) is 0 Å². The second kappa shape index (κ2) is 6.31. The van der Waals surface area contributed by atoms with Crippen molar-refractivity contribution in [2.24, 2.45) is 0 Å². The Labute approximate surface area is 104 Å². The van der Waals surface area contributed by atoms with Gasteiger partial charge in [-0.1, -0.05) is 43.2 Å². The molecule has 2 heteroatoms. The molecule has 0 heterocycles. The van der Waals surface area contributed by atoms with E-state index in [1.54, 1.807) is 0 Å². The van der Waals surface area contributed by atoms with Gasteiger partial charge in [0.25, 0.3) is 0 Å². The van der Waals surface area contributed by atoms with Gasteiger partial charge < -0.3 is 5.32 Å². The van der Waals surface area contributed by atoms with Gasteiger partial charge in [-0.2, -0.15) is 11.8 Å². The Bertz CT molecular complexity index is 313. The van der Waals surface area contributed by atoms with Gasteiger partial charge >= 0.3 is 0 Å². The lowest BCUT2D eigenvalue weighted by molar-refractivity contribution is 0.660. The maximum Gasteiger partial charge on any atom is 0.0409 e. The van der Waals surface area contributed by atoms with Crippen LogP contribution in [0.5, 0.6) is 0 Å². The van der Waals surface area contributed by atoms with Crippen molar-refractivity contribution < 1.29 is 0 Å². The maximum atomic E-state index is 3.41. The molecule has 16 heavy (non-hydrogen) atoms. The Kier molecular flexibility index (Phi) is 5.36. The molecule has 1 aromatic rings. The van der Waals surface area contributed by atoms with E-state index < -0.39 is 0 Å². The summed E-state index contributed by atoms with van der Waals surface area (Å²) < 4.78 is 0. The minimum Gasteiger partial charge on any atom is -0.312 e. The maximum absolute atomic E-state index is 3.41. The Hall–Kier alpha value is -0.470. The van der Waals surface area contributed by atoms with E-state index in [1.807, 2.05) is 18.8 Å². The highest BCUT2D eigenvalue weighted by Crippen LogP contribution is 2.22. The first kappa shape index (κ1) is 13.6. The summed E-state index contributed by atoms with van der Waals surface area (Å²) in [6, 6.07) is 7.27. The normalized spacial score (nSPS) is 13.1. The van der Waals surface area contributed by atoms with E-state index >= 15 is 0 Å². The Morgan fingerprint density at radius 2 is 1.69 bits per heavy atom. The lowest BCUT2D eigenvalue weighted by atomic mass is 10.0. The molecule has 0 aliphatic rings. The van der Waals surface area contributed by atoms with Gasteiger partial charge in [0.15, 0.2) is 0 Å². The molecule has 0 aliphatic heterocycles. The van der Waals surface area contributed by atoms with Crippen LogP contribution in [-0.2, 0) is 0 Å². The van der Waals surface area contributed by atoms with Crippen LogP contribution in [0.2, 0.25) is 0 Å². The number of benzene rings is 1. The molecule has 0 fully saturated rings. The van der Waals surface area contributed by atoms with E-state index in [2.05, 4.69) is 51.2 Å². The molecule has 1 unspecified atom stereocenters. The monoisotopic (exact) mass is 237 g/mol. The van der Waals surface area contributed by atoms with Gasteiger partial charge in [0.1, 0.15) is 0 Å². The second-order valence-corrected chi connectivity index (χ2v) is 6.25. The highest BCUT2D eigenvalue weighted by molar-refractivity contribution is 7.99. The van der Waals surface area contributed by atoms with Crippen LogP contribution < -0.4 is 5.32 Å². The third kappa shape index (κ3) is 4.18. The summed E-state index contributed by atoms with van der Waals surface area (Å²) in [6.07, 6.45) is 0. The van der Waals surface area contributed by atoms with Gasteiger partial charge in [0.05, 0.1) is 0 Å². The van der Waals surface area contributed by atoms with Crippen LogP contribution in [0.1, 0.15) is 36.6 Å². The van der Waals surface area contributed by atoms with Crippen LogP contribution in [0.15, 0.2) is 18.2 Å². The minimum absolute atomic E-state index is 0.464. The predicted octanol–water partition coefficient (Wildman–Crippen LogP) is 3.71. The van der Waals surface area contributed by atoms with Crippen molar-refractivity contribution in [3.8, 4) is 0 Å². The van der Waals surface area contributed by atoms with Gasteiger partial charge in [-0.05, 0) is 31.7 Å². The number of hydrogen-bond donors (Lipinski definition) is 1. The zero-order valence-electron chi connectivity index (χ0n) is 11.0. The molecule has 0 aromatic heterocycles. The molecule has 1 N–H and O–H groups in total. The van der Waals surface area contributed by atoms with Crippen molar-refractivity contribution in [3.63, 3.8) is 0 Å². The van der Waals surface area contributed by atoms with E-state index in [0.717, 1.165) is 5.75 Å². The van der Waals surface area contributed by atoms with Gasteiger partial charge in [-0.3, -0.25) is 0 Å². The molecule has 1 rings (SSSR count). The molecular formula is C14H23NS. The highest BCUT2D eigenvalue weighted by Gasteiger charge is 2.10. The molecule has 0 bridgehead atoms. The first-order valence-corrected chi connectivity index (χ1v) is 6.95. The first-order valence-electron chi connectivity index (χ1n) is 5.90. The highest BCUT2D eigenvalue weighted by atomic mass is 32.2. The molecule has 0 radical (unpaired) electrons. The summed E-state index contributed by atoms with van der Waals surface area (Å²) in [4.78, 5) is 0. The zero-order valence-corrected chi connectivity index (χ0v) is 11.8. The smallest absolute Gasteiger partial charge is 0.0409 e. The van der Waals surface area contributed by atoms with Crippen molar-refractivity contribution in [3.05, 3.63) is 34.9 Å². The van der Waals surface area contributed by atoms with Crippen LogP contribution in [0, 0.1) is 13.8 Å². The second-order valence-electron chi connectivity index (χ2n) is 4.64. The lowest BCUT2D eigenvalue weighted by Gasteiger charge is -2.18. The molecule has 1 atom stereocenters. The lowest BCUT2D eigenvalue weighted by Crippen LogP contribution is -2.19. The number of rotatable bonds is 5. The fourth-order valence-corrected chi connectivity index (χ4v) is 2.78. The van der Waals surface area contributed by atoms with E-state index in [0.29, 0.717) is 11.3 Å². The minimum atomic E-state index is 0.464. The van der Waals surface area contributed by atoms with Crippen LogP contribution in [0.3, 0.4) is 0 Å². The Morgan fingerprint density at radius 1 is 1.12 bits per heavy atom. The molecule has 0 saturated carbocycles. The number of thioether (sulfide) groups is 1. The fourth-order valence-electron chi connectivity index (χ4n) is 1.85. The quantitative estimate of drug-likeness (QED) is 0.838. The van der Waals surface area contributed by atoms with Gasteiger partial charge in [-0.15, -0.1) is 0 Å². The molecule has 1 nitrogen and oxygen atoms in total. The van der Waals surface area contributed by atoms with E-state index in [1.165, 1.54) is 16.7 Å². The standard InChI is InChI=1S/C14H23NS/c1-10(2)16-9-14(15-5)13-7-11(3)6-12(4)8-13/h6-8,10,14-15H,9H2,1-5H3. The average molecular weight is 237 g/mol. The van der Waals surface area contributed by atoms with Gasteiger partial charge in [-0.25, -0.2) is 0 Å². The third-order valence-electron chi connectivity index (χ3n) is 2.59. The molecule has 0 saturated heterocycles. The Morgan fingerprint density at radius 3 is 2.12 bits per heavy atom. The zero-order chi connectivity index (χ0) is 12.1. The summed E-state index contributed by atoms with van der Waals surface area (Å²) in [5.41, 5.74) is 4.11. The van der Waals surface area contributed by atoms with Crippen LogP contribution in [-0.4, -0.2) is 18.1 Å². The molecule has 90 valence electrons. The largest absolute Gasteiger partial charge is 0.312 e. The number of hydrogen-bond acceptors (Lipinski definition) is 2. The molecule has 1 aromatic carbocycles. The van der Waals surface area contributed by atoms with Crippen LogP contribution in [0.4, 0.5) is 0 Å². The molecule has 0 spiro atoms. The molecular weight excluding hydrogens is 214 g/mol. The summed E-state index contributed by atoms with van der Waals surface area (Å²) in [5.74, 6) is 1.14. The first-order chi connectivity index (χ1) is 7.52. The predicted molar refractivity (Wildman–Crippen MR) is 75.3 cm³/mol. The molecule has 0 aliphatic carbocycles. The summed E-state index contributed by atoms with van der Waals surface area (Å²) in [7, 11) is 2.04. The fraction of sp³-hybridized carbons (Fsp3) is 0.571. The van der Waals surface area contributed by atoms with Crippen molar-refractivity contribution in [2.75, 3.05) is 12.8 Å². The summed E-state index contributed by atoms with van der Waals surface area (Å²) in [5, 5.41) is 4.10. The topological polar surface area (TPSA) is 12.0 Å².